The first kappa shape index (κ1) is 23.4. The summed E-state index contributed by atoms with van der Waals surface area (Å²) in [6.45, 7) is 2.12. The fraction of sp³-hybridized carbons (Fsp3) is 0.417. The molecular weight excluding hydrogens is 412 g/mol. The van der Waals surface area contributed by atoms with Gasteiger partial charge in [0.1, 0.15) is 0 Å². The Balaban J connectivity index is 1.59. The zero-order valence-corrected chi connectivity index (χ0v) is 18.7. The van der Waals surface area contributed by atoms with Gasteiger partial charge in [-0.1, -0.05) is 30.3 Å². The number of amides is 1. The summed E-state index contributed by atoms with van der Waals surface area (Å²) in [6.07, 6.45) is 1.36. The highest BCUT2D eigenvalue weighted by Crippen LogP contribution is 2.37. The van der Waals surface area contributed by atoms with E-state index in [1.165, 1.54) is 21.3 Å². The minimum absolute atomic E-state index is 0.0206. The number of nitrogens with one attached hydrogen (secondary N) is 1. The van der Waals surface area contributed by atoms with Crippen LogP contribution in [0.4, 0.5) is 0 Å². The summed E-state index contributed by atoms with van der Waals surface area (Å²) < 4.78 is 15.3. The number of carbonyl (C=O) groups is 2. The number of aromatic hydroxyl groups is 1. The van der Waals surface area contributed by atoms with E-state index in [9.17, 15) is 14.7 Å². The maximum atomic E-state index is 12.9. The third-order valence-electron chi connectivity index (χ3n) is 5.76. The van der Waals surface area contributed by atoms with Crippen LogP contribution in [0.25, 0.3) is 0 Å². The Morgan fingerprint density at radius 2 is 1.66 bits per heavy atom. The van der Waals surface area contributed by atoms with E-state index in [0.29, 0.717) is 36.4 Å². The first-order chi connectivity index (χ1) is 15.5. The van der Waals surface area contributed by atoms with Gasteiger partial charge in [0.2, 0.25) is 11.7 Å². The number of benzene rings is 2. The van der Waals surface area contributed by atoms with Gasteiger partial charge in [0.25, 0.3) is 0 Å². The Kier molecular flexibility index (Phi) is 7.94. The summed E-state index contributed by atoms with van der Waals surface area (Å²) in [5, 5.41) is 12.9. The van der Waals surface area contributed by atoms with Crippen molar-refractivity contribution in [1.82, 2.24) is 10.2 Å². The molecular formula is C24H30N2O6. The Morgan fingerprint density at radius 3 is 2.19 bits per heavy atom. The molecule has 0 aromatic heterocycles. The van der Waals surface area contributed by atoms with Crippen LogP contribution in [0, 0.1) is 5.92 Å². The molecule has 1 amide bonds. The zero-order chi connectivity index (χ0) is 23.1. The van der Waals surface area contributed by atoms with Crippen molar-refractivity contribution in [2.45, 2.75) is 25.4 Å². The quantitative estimate of drug-likeness (QED) is 0.607. The van der Waals surface area contributed by atoms with Gasteiger partial charge >= 0.3 is 5.97 Å². The van der Waals surface area contributed by atoms with Crippen LogP contribution >= 0.6 is 0 Å². The molecule has 3 rings (SSSR count). The second kappa shape index (κ2) is 10.9. The van der Waals surface area contributed by atoms with E-state index >= 15 is 0 Å². The number of carbonyl (C=O) groups excluding carboxylic acids is 2. The summed E-state index contributed by atoms with van der Waals surface area (Å²) in [5.74, 6) is -0.0976. The lowest BCUT2D eigenvalue weighted by atomic mass is 9.94. The molecule has 1 unspecified atom stereocenters. The van der Waals surface area contributed by atoms with Crippen molar-refractivity contribution in [3.05, 3.63) is 53.6 Å². The molecule has 32 heavy (non-hydrogen) atoms. The maximum absolute atomic E-state index is 12.9. The predicted molar refractivity (Wildman–Crippen MR) is 119 cm³/mol. The molecule has 1 fully saturated rings. The number of phenols is 1. The van der Waals surface area contributed by atoms with Gasteiger partial charge in [-0.15, -0.1) is 0 Å². The summed E-state index contributed by atoms with van der Waals surface area (Å²) in [7, 11) is 4.31. The third-order valence-corrected chi connectivity index (χ3v) is 5.76. The van der Waals surface area contributed by atoms with Crippen LogP contribution in [-0.2, 0) is 20.9 Å². The molecule has 2 N–H and O–H groups in total. The molecule has 1 aliphatic heterocycles. The predicted octanol–water partition coefficient (Wildman–Crippen LogP) is 2.65. The van der Waals surface area contributed by atoms with Crippen molar-refractivity contribution in [3.63, 3.8) is 0 Å². The average molecular weight is 443 g/mol. The van der Waals surface area contributed by atoms with Crippen molar-refractivity contribution in [2.75, 3.05) is 34.4 Å². The molecule has 2 aromatic carbocycles. The Hall–Kier alpha value is -3.26. The number of esters is 1. The Bertz CT molecular complexity index is 900. The number of ether oxygens (including phenoxy) is 3. The van der Waals surface area contributed by atoms with E-state index in [4.69, 9.17) is 14.2 Å². The number of piperidine rings is 1. The molecule has 0 saturated carbocycles. The Labute approximate surface area is 188 Å². The Morgan fingerprint density at radius 1 is 1.06 bits per heavy atom. The molecule has 0 bridgehead atoms. The van der Waals surface area contributed by atoms with E-state index in [-0.39, 0.29) is 17.6 Å². The lowest BCUT2D eigenvalue weighted by Crippen LogP contribution is -2.43. The number of methoxy groups -OCH3 is 3. The first-order valence-corrected chi connectivity index (χ1v) is 10.6. The van der Waals surface area contributed by atoms with Gasteiger partial charge in [-0.05, 0) is 49.2 Å². The second-order valence-electron chi connectivity index (χ2n) is 7.77. The number of hydrogen-bond acceptors (Lipinski definition) is 7. The van der Waals surface area contributed by atoms with E-state index in [1.807, 2.05) is 18.2 Å². The number of likely N-dealkylation sites (tertiary alicyclic amines) is 1. The molecule has 8 nitrogen and oxygen atoms in total. The molecule has 1 heterocycles. The molecule has 172 valence electrons. The standard InChI is InChI=1S/C24H30N2O6/c1-30-19-13-16(14-20(31-2)22(19)27)15-26-11-9-18(10-12-26)23(28)25-21(24(29)32-3)17-7-5-4-6-8-17/h4-8,13-14,18,21,27H,9-12,15H2,1-3H3,(H,25,28). The zero-order valence-electron chi connectivity index (χ0n) is 18.7. The molecule has 0 radical (unpaired) electrons. The lowest BCUT2D eigenvalue weighted by Gasteiger charge is -2.32. The van der Waals surface area contributed by atoms with Gasteiger partial charge in [0, 0.05) is 12.5 Å². The van der Waals surface area contributed by atoms with Gasteiger partial charge in [0.15, 0.2) is 17.5 Å². The lowest BCUT2D eigenvalue weighted by molar-refractivity contribution is -0.146. The van der Waals surface area contributed by atoms with Gasteiger partial charge in [-0.3, -0.25) is 9.69 Å². The SMILES string of the molecule is COC(=O)C(NC(=O)C1CCN(Cc2cc(OC)c(O)c(OC)c2)CC1)c1ccccc1. The molecule has 0 spiro atoms. The number of rotatable bonds is 8. The number of nitrogens with zero attached hydrogens (tertiary/aromatic N) is 1. The molecule has 8 heteroatoms. The minimum Gasteiger partial charge on any atom is -0.502 e. The van der Waals surface area contributed by atoms with Crippen LogP contribution in [0.3, 0.4) is 0 Å². The van der Waals surface area contributed by atoms with Crippen molar-refractivity contribution in [3.8, 4) is 17.2 Å². The van der Waals surface area contributed by atoms with Crippen molar-refractivity contribution < 1.29 is 28.9 Å². The van der Waals surface area contributed by atoms with Gasteiger partial charge in [0.05, 0.1) is 21.3 Å². The summed E-state index contributed by atoms with van der Waals surface area (Å²) >= 11 is 0. The van der Waals surface area contributed by atoms with Crippen LogP contribution in [0.5, 0.6) is 17.2 Å². The number of phenolic OH excluding ortho intramolecular Hbond substituents is 1. The normalized spacial score (nSPS) is 15.6. The van der Waals surface area contributed by atoms with Gasteiger partial charge in [-0.25, -0.2) is 4.79 Å². The highest BCUT2D eigenvalue weighted by molar-refractivity contribution is 5.86. The molecule has 0 aliphatic carbocycles. The van der Waals surface area contributed by atoms with E-state index in [0.717, 1.165) is 18.7 Å². The van der Waals surface area contributed by atoms with Gasteiger partial charge in [-0.2, -0.15) is 0 Å². The number of hydrogen-bond donors (Lipinski definition) is 2. The van der Waals surface area contributed by atoms with Crippen molar-refractivity contribution in [2.24, 2.45) is 5.92 Å². The maximum Gasteiger partial charge on any atom is 0.333 e. The van der Waals surface area contributed by atoms with E-state index < -0.39 is 12.0 Å². The second-order valence-corrected chi connectivity index (χ2v) is 7.77. The summed E-state index contributed by atoms with van der Waals surface area (Å²) in [6, 6.07) is 11.9. The molecule has 2 aromatic rings. The monoisotopic (exact) mass is 442 g/mol. The van der Waals surface area contributed by atoms with Crippen molar-refractivity contribution >= 4 is 11.9 Å². The molecule has 1 aliphatic rings. The highest BCUT2D eigenvalue weighted by atomic mass is 16.5. The van der Waals surface area contributed by atoms with Crippen LogP contribution in [0.15, 0.2) is 42.5 Å². The van der Waals surface area contributed by atoms with Crippen molar-refractivity contribution in [1.29, 1.82) is 0 Å². The van der Waals surface area contributed by atoms with Crippen LogP contribution < -0.4 is 14.8 Å². The van der Waals surface area contributed by atoms with E-state index in [1.54, 1.807) is 24.3 Å². The topological polar surface area (TPSA) is 97.3 Å². The van der Waals surface area contributed by atoms with Gasteiger partial charge < -0.3 is 24.6 Å². The minimum atomic E-state index is -0.816. The van der Waals surface area contributed by atoms with E-state index in [2.05, 4.69) is 10.2 Å². The smallest absolute Gasteiger partial charge is 0.333 e. The highest BCUT2D eigenvalue weighted by Gasteiger charge is 2.30. The van der Waals surface area contributed by atoms with Crippen LogP contribution in [-0.4, -0.2) is 56.3 Å². The average Bonchev–Trinajstić information content (AvgIpc) is 2.83. The summed E-state index contributed by atoms with van der Waals surface area (Å²) in [4.78, 5) is 27.3. The first-order valence-electron chi connectivity index (χ1n) is 10.6. The largest absolute Gasteiger partial charge is 0.502 e. The third kappa shape index (κ3) is 5.50. The molecule has 1 atom stereocenters. The fourth-order valence-corrected chi connectivity index (χ4v) is 3.95. The van der Waals surface area contributed by atoms with Crippen LogP contribution in [0.1, 0.15) is 30.0 Å². The fourth-order valence-electron chi connectivity index (χ4n) is 3.95. The van der Waals surface area contributed by atoms with Crippen LogP contribution in [0.2, 0.25) is 0 Å². The molecule has 1 saturated heterocycles. The summed E-state index contributed by atoms with van der Waals surface area (Å²) in [5.41, 5.74) is 1.65.